The van der Waals surface area contributed by atoms with Gasteiger partial charge in [-0.1, -0.05) is 0 Å². The molecule has 0 unspecified atom stereocenters. The van der Waals surface area contributed by atoms with E-state index in [1.807, 2.05) is 12.3 Å². The van der Waals surface area contributed by atoms with Gasteiger partial charge >= 0.3 is 0 Å². The highest BCUT2D eigenvalue weighted by Crippen LogP contribution is 2.31. The Kier molecular flexibility index (Phi) is 2.26. The second-order valence-electron chi connectivity index (χ2n) is 3.73. The molecule has 1 aliphatic rings. The van der Waals surface area contributed by atoms with Crippen LogP contribution in [0.2, 0.25) is 0 Å². The van der Waals surface area contributed by atoms with Crippen LogP contribution in [0.1, 0.15) is 25.0 Å². The van der Waals surface area contributed by atoms with Crippen molar-refractivity contribution < 1.29 is 5.11 Å². The molecule has 2 rings (SSSR count). The fourth-order valence-electron chi connectivity index (χ4n) is 1.44. The van der Waals surface area contributed by atoms with Gasteiger partial charge in [0.25, 0.3) is 0 Å². The third-order valence-electron chi connectivity index (χ3n) is 2.47. The third-order valence-corrected chi connectivity index (χ3v) is 3.39. The van der Waals surface area contributed by atoms with Crippen LogP contribution in [-0.2, 0) is 0 Å². The van der Waals surface area contributed by atoms with Crippen molar-refractivity contribution in [2.24, 2.45) is 0 Å². The van der Waals surface area contributed by atoms with Crippen molar-refractivity contribution in [3.63, 3.8) is 0 Å². The van der Waals surface area contributed by atoms with Gasteiger partial charge in [0.1, 0.15) is 0 Å². The molecule has 0 radical (unpaired) electrons. The van der Waals surface area contributed by atoms with Crippen molar-refractivity contribution in [3.8, 4) is 0 Å². The normalized spacial score (nSPS) is 19.5. The first kappa shape index (κ1) is 8.97. The summed E-state index contributed by atoms with van der Waals surface area (Å²) >= 11 is 1.59. The van der Waals surface area contributed by atoms with E-state index in [2.05, 4.69) is 10.3 Å². The Balaban J connectivity index is 1.85. The summed E-state index contributed by atoms with van der Waals surface area (Å²) in [5, 5.41) is 15.9. The molecule has 0 amide bonds. The number of nitrogens with zero attached hydrogens (tertiary/aromatic N) is 1. The Morgan fingerprint density at radius 2 is 2.46 bits per heavy atom. The standard InChI is InChI=1S/C9H14N2OS/c1-7-5-13-8(11-7)10-6-9(12)3-2-4-9/h5,12H,2-4,6H2,1H3,(H,10,11). The predicted molar refractivity (Wildman–Crippen MR) is 54.1 cm³/mol. The lowest BCUT2D eigenvalue weighted by Gasteiger charge is -2.36. The first-order valence-electron chi connectivity index (χ1n) is 4.56. The van der Waals surface area contributed by atoms with Crippen LogP contribution in [0, 0.1) is 6.92 Å². The maximum absolute atomic E-state index is 9.79. The zero-order valence-corrected chi connectivity index (χ0v) is 8.52. The molecule has 0 aliphatic heterocycles. The number of aryl methyl sites for hydroxylation is 1. The van der Waals surface area contributed by atoms with E-state index in [-0.39, 0.29) is 0 Å². The van der Waals surface area contributed by atoms with E-state index in [4.69, 9.17) is 0 Å². The van der Waals surface area contributed by atoms with Crippen molar-refractivity contribution in [3.05, 3.63) is 11.1 Å². The Hall–Kier alpha value is -0.610. The number of hydrogen-bond acceptors (Lipinski definition) is 4. The minimum atomic E-state index is -0.459. The smallest absolute Gasteiger partial charge is 0.182 e. The highest BCUT2D eigenvalue weighted by Gasteiger charge is 2.34. The molecule has 4 heteroatoms. The second kappa shape index (κ2) is 3.27. The summed E-state index contributed by atoms with van der Waals surface area (Å²) in [6, 6.07) is 0. The maximum atomic E-state index is 9.79. The van der Waals surface area contributed by atoms with E-state index in [9.17, 15) is 5.11 Å². The number of rotatable bonds is 3. The molecule has 1 saturated carbocycles. The van der Waals surface area contributed by atoms with Gasteiger partial charge in [-0.25, -0.2) is 4.98 Å². The zero-order valence-electron chi connectivity index (χ0n) is 7.71. The fourth-order valence-corrected chi connectivity index (χ4v) is 2.12. The monoisotopic (exact) mass is 198 g/mol. The molecule has 0 aromatic carbocycles. The van der Waals surface area contributed by atoms with Crippen LogP contribution in [0.15, 0.2) is 5.38 Å². The minimum Gasteiger partial charge on any atom is -0.388 e. The van der Waals surface area contributed by atoms with Crippen molar-refractivity contribution in [1.29, 1.82) is 0 Å². The third kappa shape index (κ3) is 2.00. The summed E-state index contributed by atoms with van der Waals surface area (Å²) in [7, 11) is 0. The fraction of sp³-hybridized carbons (Fsp3) is 0.667. The maximum Gasteiger partial charge on any atom is 0.182 e. The summed E-state index contributed by atoms with van der Waals surface area (Å²) in [6.45, 7) is 2.61. The van der Waals surface area contributed by atoms with Crippen molar-refractivity contribution in [2.75, 3.05) is 11.9 Å². The number of nitrogens with one attached hydrogen (secondary N) is 1. The number of aliphatic hydroxyl groups is 1. The molecular weight excluding hydrogens is 184 g/mol. The Bertz CT molecular complexity index is 294. The minimum absolute atomic E-state index is 0.459. The predicted octanol–water partition coefficient (Wildman–Crippen LogP) is 1.78. The molecule has 1 aromatic rings. The highest BCUT2D eigenvalue weighted by molar-refractivity contribution is 7.13. The van der Waals surface area contributed by atoms with Gasteiger partial charge in [-0.2, -0.15) is 0 Å². The van der Waals surface area contributed by atoms with Crippen LogP contribution in [-0.4, -0.2) is 22.2 Å². The second-order valence-corrected chi connectivity index (χ2v) is 4.58. The van der Waals surface area contributed by atoms with Gasteiger partial charge < -0.3 is 10.4 Å². The van der Waals surface area contributed by atoms with E-state index in [0.717, 1.165) is 30.1 Å². The first-order chi connectivity index (χ1) is 6.18. The lowest BCUT2D eigenvalue weighted by molar-refractivity contribution is -0.0202. The molecule has 0 bridgehead atoms. The number of thiazole rings is 1. The average molecular weight is 198 g/mol. The molecule has 1 aliphatic carbocycles. The number of aromatic nitrogens is 1. The van der Waals surface area contributed by atoms with Gasteiger partial charge in [-0.3, -0.25) is 0 Å². The summed E-state index contributed by atoms with van der Waals surface area (Å²) in [5.41, 5.74) is 0.577. The zero-order chi connectivity index (χ0) is 9.31. The van der Waals surface area contributed by atoms with Crippen molar-refractivity contribution >= 4 is 16.5 Å². The van der Waals surface area contributed by atoms with Gasteiger partial charge in [0.2, 0.25) is 0 Å². The molecule has 13 heavy (non-hydrogen) atoms. The first-order valence-corrected chi connectivity index (χ1v) is 5.44. The largest absolute Gasteiger partial charge is 0.388 e. The molecule has 72 valence electrons. The molecule has 1 aromatic heterocycles. The molecule has 1 fully saturated rings. The van der Waals surface area contributed by atoms with E-state index in [1.165, 1.54) is 0 Å². The summed E-state index contributed by atoms with van der Waals surface area (Å²) in [5.74, 6) is 0. The molecule has 0 atom stereocenters. The van der Waals surface area contributed by atoms with Gasteiger partial charge in [-0.05, 0) is 26.2 Å². The number of hydrogen-bond donors (Lipinski definition) is 2. The topological polar surface area (TPSA) is 45.1 Å². The molecular formula is C9H14N2OS. The van der Waals surface area contributed by atoms with Crippen LogP contribution in [0.5, 0.6) is 0 Å². The molecule has 3 nitrogen and oxygen atoms in total. The molecule has 0 spiro atoms. The van der Waals surface area contributed by atoms with E-state index >= 15 is 0 Å². The lowest BCUT2D eigenvalue weighted by Crippen LogP contribution is -2.43. The summed E-state index contributed by atoms with van der Waals surface area (Å²) in [6.07, 6.45) is 2.99. The van der Waals surface area contributed by atoms with E-state index < -0.39 is 5.60 Å². The van der Waals surface area contributed by atoms with E-state index in [0.29, 0.717) is 6.54 Å². The van der Waals surface area contributed by atoms with Crippen LogP contribution < -0.4 is 5.32 Å². The molecule has 1 heterocycles. The van der Waals surface area contributed by atoms with Gasteiger partial charge in [0, 0.05) is 11.9 Å². The Labute approximate surface area is 81.8 Å². The van der Waals surface area contributed by atoms with Crippen LogP contribution >= 0.6 is 11.3 Å². The Morgan fingerprint density at radius 3 is 2.92 bits per heavy atom. The van der Waals surface area contributed by atoms with Crippen molar-refractivity contribution in [1.82, 2.24) is 4.98 Å². The van der Waals surface area contributed by atoms with Crippen molar-refractivity contribution in [2.45, 2.75) is 31.8 Å². The summed E-state index contributed by atoms with van der Waals surface area (Å²) in [4.78, 5) is 4.27. The molecule has 0 saturated heterocycles. The van der Waals surface area contributed by atoms with Crippen LogP contribution in [0.3, 0.4) is 0 Å². The van der Waals surface area contributed by atoms with E-state index in [1.54, 1.807) is 11.3 Å². The highest BCUT2D eigenvalue weighted by atomic mass is 32.1. The quantitative estimate of drug-likeness (QED) is 0.778. The van der Waals surface area contributed by atoms with Gasteiger partial charge in [0.15, 0.2) is 5.13 Å². The average Bonchev–Trinajstić information content (AvgIpc) is 2.44. The van der Waals surface area contributed by atoms with Crippen LogP contribution in [0.25, 0.3) is 0 Å². The summed E-state index contributed by atoms with van der Waals surface area (Å²) < 4.78 is 0. The number of anilines is 1. The Morgan fingerprint density at radius 1 is 1.69 bits per heavy atom. The van der Waals surface area contributed by atoms with Gasteiger partial charge in [-0.15, -0.1) is 11.3 Å². The lowest BCUT2D eigenvalue weighted by atomic mass is 9.80. The van der Waals surface area contributed by atoms with Crippen LogP contribution in [0.4, 0.5) is 5.13 Å². The SMILES string of the molecule is Cc1csc(NCC2(O)CCC2)n1. The molecule has 2 N–H and O–H groups in total. The van der Waals surface area contributed by atoms with Gasteiger partial charge in [0.05, 0.1) is 11.3 Å².